The molecule has 1 heterocycles. The summed E-state index contributed by atoms with van der Waals surface area (Å²) in [7, 11) is 0. The molecule has 0 aliphatic rings. The lowest BCUT2D eigenvalue weighted by Gasteiger charge is -2.11. The van der Waals surface area contributed by atoms with Gasteiger partial charge >= 0.3 is 5.97 Å². The SMILES string of the molecule is CSOc1ccc2c(ccn2CCCc2ccc(OC(C)C(=O)O)cc2)c1. The van der Waals surface area contributed by atoms with Gasteiger partial charge in [0, 0.05) is 29.9 Å². The molecule has 5 nitrogen and oxygen atoms in total. The number of fused-ring (bicyclic) bond motifs is 1. The van der Waals surface area contributed by atoms with Gasteiger partial charge in [0.2, 0.25) is 0 Å². The number of aromatic nitrogens is 1. The van der Waals surface area contributed by atoms with Crippen molar-refractivity contribution >= 4 is 28.9 Å². The van der Waals surface area contributed by atoms with Crippen LogP contribution in [-0.2, 0) is 17.8 Å². The summed E-state index contributed by atoms with van der Waals surface area (Å²) < 4.78 is 13.1. The summed E-state index contributed by atoms with van der Waals surface area (Å²) in [5.74, 6) is 0.478. The summed E-state index contributed by atoms with van der Waals surface area (Å²) in [6.07, 6.45) is 5.12. The van der Waals surface area contributed by atoms with Crippen LogP contribution in [0.15, 0.2) is 54.7 Å². The molecule has 0 aliphatic heterocycles. The van der Waals surface area contributed by atoms with E-state index in [1.807, 2.05) is 36.6 Å². The van der Waals surface area contributed by atoms with Gasteiger partial charge < -0.3 is 18.6 Å². The molecule has 0 aliphatic carbocycles. The molecule has 1 aromatic heterocycles. The number of nitrogens with zero attached hydrogens (tertiary/aromatic N) is 1. The maximum absolute atomic E-state index is 10.8. The Morgan fingerprint density at radius 3 is 2.59 bits per heavy atom. The minimum absolute atomic E-state index is 0.577. The van der Waals surface area contributed by atoms with Gasteiger partial charge in [0.25, 0.3) is 0 Å². The first-order chi connectivity index (χ1) is 13.1. The van der Waals surface area contributed by atoms with Gasteiger partial charge in [-0.05, 0) is 61.7 Å². The van der Waals surface area contributed by atoms with Crippen LogP contribution < -0.4 is 8.92 Å². The van der Waals surface area contributed by atoms with Gasteiger partial charge in [-0.15, -0.1) is 0 Å². The van der Waals surface area contributed by atoms with E-state index < -0.39 is 12.1 Å². The largest absolute Gasteiger partial charge is 0.479 e. The molecule has 0 saturated heterocycles. The minimum Gasteiger partial charge on any atom is -0.479 e. The summed E-state index contributed by atoms with van der Waals surface area (Å²) in [5.41, 5.74) is 2.41. The van der Waals surface area contributed by atoms with Crippen LogP contribution in [-0.4, -0.2) is 28.0 Å². The van der Waals surface area contributed by atoms with Gasteiger partial charge in [-0.25, -0.2) is 4.79 Å². The van der Waals surface area contributed by atoms with Gasteiger partial charge in [-0.3, -0.25) is 0 Å². The van der Waals surface area contributed by atoms with Crippen molar-refractivity contribution in [3.05, 3.63) is 60.3 Å². The Kier molecular flexibility index (Phi) is 6.29. The molecule has 0 saturated carbocycles. The van der Waals surface area contributed by atoms with Crippen LogP contribution in [0.5, 0.6) is 11.5 Å². The molecular weight excluding hydrogens is 362 g/mol. The number of aliphatic carboxylic acids is 1. The van der Waals surface area contributed by atoms with Gasteiger partial charge in [0.1, 0.15) is 11.5 Å². The molecule has 0 fully saturated rings. The van der Waals surface area contributed by atoms with Gasteiger partial charge in [-0.2, -0.15) is 0 Å². The van der Waals surface area contributed by atoms with Crippen LogP contribution in [0, 0.1) is 0 Å². The first kappa shape index (κ1) is 19.2. The Bertz CT molecular complexity index is 904. The number of carboxylic acid groups (broad SMARTS) is 1. The Labute approximate surface area is 163 Å². The number of benzene rings is 2. The number of aryl methyl sites for hydroxylation is 2. The highest BCUT2D eigenvalue weighted by molar-refractivity contribution is 7.94. The molecule has 142 valence electrons. The molecule has 1 unspecified atom stereocenters. The number of hydrogen-bond donors (Lipinski definition) is 1. The number of hydrogen-bond acceptors (Lipinski definition) is 4. The predicted octanol–water partition coefficient (Wildman–Crippen LogP) is 4.78. The Morgan fingerprint density at radius 1 is 1.15 bits per heavy atom. The van der Waals surface area contributed by atoms with E-state index >= 15 is 0 Å². The number of rotatable bonds is 9. The van der Waals surface area contributed by atoms with Crippen molar-refractivity contribution < 1.29 is 18.8 Å². The normalized spacial score (nSPS) is 12.1. The van der Waals surface area contributed by atoms with Crippen LogP contribution in [0.3, 0.4) is 0 Å². The molecule has 27 heavy (non-hydrogen) atoms. The zero-order valence-electron chi connectivity index (χ0n) is 15.4. The van der Waals surface area contributed by atoms with Gasteiger partial charge in [-0.1, -0.05) is 12.1 Å². The van der Waals surface area contributed by atoms with E-state index in [-0.39, 0.29) is 0 Å². The fourth-order valence-corrected chi connectivity index (χ4v) is 3.26. The standard InChI is InChI=1S/C21H23NO4S/c1-15(21(23)24)25-18-7-5-16(6-8-18)4-3-12-22-13-11-17-14-19(26-27-2)9-10-20(17)22/h5-11,13-15H,3-4,12H2,1-2H3,(H,23,24). The Hall–Kier alpha value is -2.60. The van der Waals surface area contributed by atoms with Gasteiger partial charge in [0.15, 0.2) is 6.10 Å². The van der Waals surface area contributed by atoms with E-state index in [1.165, 1.54) is 35.4 Å². The highest BCUT2D eigenvalue weighted by Crippen LogP contribution is 2.24. The van der Waals surface area contributed by atoms with E-state index in [1.54, 1.807) is 0 Å². The molecule has 1 atom stereocenters. The fraction of sp³-hybridized carbons (Fsp3) is 0.286. The highest BCUT2D eigenvalue weighted by Gasteiger charge is 2.12. The Balaban J connectivity index is 1.55. The summed E-state index contributed by atoms with van der Waals surface area (Å²) in [6.45, 7) is 2.45. The quantitative estimate of drug-likeness (QED) is 0.537. The van der Waals surface area contributed by atoms with E-state index in [4.69, 9.17) is 14.0 Å². The third-order valence-electron chi connectivity index (χ3n) is 4.37. The predicted molar refractivity (Wildman–Crippen MR) is 109 cm³/mol. The second-order valence-electron chi connectivity index (χ2n) is 6.33. The summed E-state index contributed by atoms with van der Waals surface area (Å²) in [4.78, 5) is 10.8. The average Bonchev–Trinajstić information content (AvgIpc) is 3.06. The molecule has 0 amide bonds. The van der Waals surface area contributed by atoms with Crippen molar-refractivity contribution in [2.24, 2.45) is 0 Å². The van der Waals surface area contributed by atoms with Crippen molar-refractivity contribution in [3.63, 3.8) is 0 Å². The lowest BCUT2D eigenvalue weighted by atomic mass is 10.1. The molecule has 0 spiro atoms. The number of ether oxygens (including phenoxy) is 1. The van der Waals surface area contributed by atoms with Crippen LogP contribution in [0.4, 0.5) is 0 Å². The van der Waals surface area contributed by atoms with Crippen LogP contribution >= 0.6 is 12.0 Å². The van der Waals surface area contributed by atoms with Crippen molar-refractivity contribution in [2.75, 3.05) is 6.26 Å². The van der Waals surface area contributed by atoms with E-state index in [0.717, 1.165) is 25.1 Å². The molecule has 0 radical (unpaired) electrons. The number of carbonyl (C=O) groups is 1. The highest BCUT2D eigenvalue weighted by atomic mass is 32.2. The second kappa shape index (κ2) is 8.86. The average molecular weight is 385 g/mol. The third-order valence-corrected chi connectivity index (χ3v) is 4.73. The molecule has 2 aromatic carbocycles. The summed E-state index contributed by atoms with van der Waals surface area (Å²) in [6, 6.07) is 15.9. The topological polar surface area (TPSA) is 60.7 Å². The zero-order chi connectivity index (χ0) is 19.2. The first-order valence-corrected chi connectivity index (χ1v) is 10.00. The number of carboxylic acids is 1. The zero-order valence-corrected chi connectivity index (χ0v) is 16.2. The Morgan fingerprint density at radius 2 is 1.89 bits per heavy atom. The summed E-state index contributed by atoms with van der Waals surface area (Å²) in [5, 5.41) is 10.1. The molecule has 0 bridgehead atoms. The molecule has 1 N–H and O–H groups in total. The van der Waals surface area contributed by atoms with E-state index in [9.17, 15) is 4.79 Å². The van der Waals surface area contributed by atoms with Crippen LogP contribution in [0.1, 0.15) is 18.9 Å². The first-order valence-electron chi connectivity index (χ1n) is 8.85. The molecule has 6 heteroatoms. The summed E-state index contributed by atoms with van der Waals surface area (Å²) >= 11 is 1.34. The van der Waals surface area contributed by atoms with Crippen LogP contribution in [0.2, 0.25) is 0 Å². The van der Waals surface area contributed by atoms with Crippen molar-refractivity contribution in [1.29, 1.82) is 0 Å². The van der Waals surface area contributed by atoms with Crippen molar-refractivity contribution in [1.82, 2.24) is 4.57 Å². The molecule has 3 aromatic rings. The molecule has 3 rings (SSSR count). The monoisotopic (exact) mass is 385 g/mol. The fourth-order valence-electron chi connectivity index (χ4n) is 2.96. The van der Waals surface area contributed by atoms with Crippen LogP contribution in [0.25, 0.3) is 10.9 Å². The maximum Gasteiger partial charge on any atom is 0.344 e. The molecular formula is C21H23NO4S. The lowest BCUT2D eigenvalue weighted by Crippen LogP contribution is -2.22. The second-order valence-corrected chi connectivity index (χ2v) is 6.83. The minimum atomic E-state index is -0.967. The van der Waals surface area contributed by atoms with Gasteiger partial charge in [0.05, 0.1) is 12.0 Å². The lowest BCUT2D eigenvalue weighted by molar-refractivity contribution is -0.144. The third kappa shape index (κ3) is 4.98. The van der Waals surface area contributed by atoms with E-state index in [0.29, 0.717) is 5.75 Å². The van der Waals surface area contributed by atoms with Crippen molar-refractivity contribution in [2.45, 2.75) is 32.4 Å². The van der Waals surface area contributed by atoms with Crippen molar-refractivity contribution in [3.8, 4) is 11.5 Å². The van der Waals surface area contributed by atoms with E-state index in [2.05, 4.69) is 29.0 Å². The maximum atomic E-state index is 10.8. The smallest absolute Gasteiger partial charge is 0.344 e.